The second-order valence-electron chi connectivity index (χ2n) is 9.35. The Morgan fingerprint density at radius 3 is 0.775 bits per heavy atom. The minimum atomic E-state index is -0.560. The summed E-state index contributed by atoms with van der Waals surface area (Å²) in [6.45, 7) is 0. The lowest BCUT2D eigenvalue weighted by molar-refractivity contribution is 0.457. The lowest BCUT2D eigenvalue weighted by atomic mass is 9.81. The molecular formula is C32H22Cl4O4. The Hall–Kier alpha value is -3.54. The first-order valence-electron chi connectivity index (χ1n) is 12.2. The van der Waals surface area contributed by atoms with Gasteiger partial charge in [0.05, 0.1) is 0 Å². The molecule has 0 saturated carbocycles. The van der Waals surface area contributed by atoms with Crippen LogP contribution >= 0.6 is 46.4 Å². The van der Waals surface area contributed by atoms with Crippen molar-refractivity contribution < 1.29 is 20.4 Å². The van der Waals surface area contributed by atoms with Crippen LogP contribution in [0.25, 0.3) is 0 Å². The molecule has 5 aromatic rings. The van der Waals surface area contributed by atoms with Crippen LogP contribution in [0, 0.1) is 0 Å². The first-order chi connectivity index (χ1) is 19.1. The van der Waals surface area contributed by atoms with Gasteiger partial charge in [-0.1, -0.05) is 94.9 Å². The number of hydrogen-bond donors (Lipinski definition) is 4. The van der Waals surface area contributed by atoms with E-state index in [1.165, 1.54) is 24.3 Å². The van der Waals surface area contributed by atoms with Crippen molar-refractivity contribution in [2.45, 2.75) is 11.8 Å². The lowest BCUT2D eigenvalue weighted by Gasteiger charge is -2.24. The van der Waals surface area contributed by atoms with Crippen molar-refractivity contribution in [1.29, 1.82) is 0 Å². The van der Waals surface area contributed by atoms with Crippen LogP contribution in [-0.2, 0) is 0 Å². The SMILES string of the molecule is Oc1cc(Cl)ccc1C(c1ccc(C(c2ccc(Cl)cc2O)c2ccc(Cl)cc2O)cc1)c1ccc(Cl)cc1O. The van der Waals surface area contributed by atoms with Crippen molar-refractivity contribution >= 4 is 46.4 Å². The molecule has 0 aliphatic rings. The maximum Gasteiger partial charge on any atom is 0.121 e. The molecule has 0 aliphatic heterocycles. The van der Waals surface area contributed by atoms with Crippen molar-refractivity contribution in [1.82, 2.24) is 0 Å². The Kier molecular flexibility index (Phi) is 8.07. The van der Waals surface area contributed by atoms with E-state index in [1.807, 2.05) is 24.3 Å². The highest BCUT2D eigenvalue weighted by atomic mass is 35.5. The van der Waals surface area contributed by atoms with Crippen LogP contribution in [0.1, 0.15) is 45.2 Å². The smallest absolute Gasteiger partial charge is 0.121 e. The second-order valence-corrected chi connectivity index (χ2v) is 11.1. The summed E-state index contributed by atoms with van der Waals surface area (Å²) in [5, 5.41) is 44.7. The zero-order valence-corrected chi connectivity index (χ0v) is 23.7. The highest BCUT2D eigenvalue weighted by Crippen LogP contribution is 2.45. The summed E-state index contributed by atoms with van der Waals surface area (Å²) in [6.07, 6.45) is 0. The van der Waals surface area contributed by atoms with E-state index in [0.717, 1.165) is 11.1 Å². The number of halogens is 4. The van der Waals surface area contributed by atoms with Crippen LogP contribution in [0.4, 0.5) is 0 Å². The van der Waals surface area contributed by atoms with E-state index in [1.54, 1.807) is 48.5 Å². The first-order valence-corrected chi connectivity index (χ1v) is 13.7. The van der Waals surface area contributed by atoms with Gasteiger partial charge in [0.2, 0.25) is 0 Å². The van der Waals surface area contributed by atoms with Crippen LogP contribution in [0.3, 0.4) is 0 Å². The third-order valence-corrected chi connectivity index (χ3v) is 7.76. The number of phenolic OH excluding ortho intramolecular Hbond substituents is 4. The van der Waals surface area contributed by atoms with Gasteiger partial charge in [-0.3, -0.25) is 0 Å². The van der Waals surface area contributed by atoms with Crippen LogP contribution in [0.15, 0.2) is 97.1 Å². The van der Waals surface area contributed by atoms with Gasteiger partial charge in [0.15, 0.2) is 0 Å². The van der Waals surface area contributed by atoms with E-state index in [2.05, 4.69) is 0 Å². The monoisotopic (exact) mass is 610 g/mol. The Labute approximate surface area is 251 Å². The minimum absolute atomic E-state index is 0.0222. The normalized spacial score (nSPS) is 11.3. The molecule has 5 rings (SSSR count). The van der Waals surface area contributed by atoms with Gasteiger partial charge < -0.3 is 20.4 Å². The molecule has 0 fully saturated rings. The van der Waals surface area contributed by atoms with E-state index in [-0.39, 0.29) is 23.0 Å². The number of benzene rings is 5. The molecule has 202 valence electrons. The fourth-order valence-corrected chi connectivity index (χ4v) is 5.64. The zero-order chi connectivity index (χ0) is 28.6. The molecule has 4 nitrogen and oxygen atoms in total. The van der Waals surface area contributed by atoms with Gasteiger partial charge in [0.1, 0.15) is 23.0 Å². The molecule has 0 saturated heterocycles. The van der Waals surface area contributed by atoms with Gasteiger partial charge in [-0.05, 0) is 59.7 Å². The van der Waals surface area contributed by atoms with Crippen LogP contribution in [0.5, 0.6) is 23.0 Å². The predicted octanol–water partition coefficient (Wildman–Crippen LogP) is 9.48. The topological polar surface area (TPSA) is 80.9 Å². The van der Waals surface area contributed by atoms with Crippen LogP contribution in [-0.4, -0.2) is 20.4 Å². The number of hydrogen-bond acceptors (Lipinski definition) is 4. The molecule has 0 amide bonds. The van der Waals surface area contributed by atoms with Crippen molar-refractivity contribution in [3.63, 3.8) is 0 Å². The standard InChI is InChI=1S/C32H22Cl4O4/c33-19-5-9-23(27(37)13-19)31(24-10-6-20(34)14-28(24)38)17-1-2-18(4-3-17)32(25-11-7-21(35)15-29(25)39)26-12-8-22(36)16-30(26)40/h1-16,31-32,37-40H. The molecule has 40 heavy (non-hydrogen) atoms. The Bertz CT molecular complexity index is 1470. The summed E-state index contributed by atoms with van der Waals surface area (Å²) in [7, 11) is 0. The lowest BCUT2D eigenvalue weighted by Crippen LogP contribution is -2.07. The summed E-state index contributed by atoms with van der Waals surface area (Å²) in [5.74, 6) is -1.21. The Balaban J connectivity index is 1.66. The van der Waals surface area contributed by atoms with Crippen molar-refractivity contribution in [3.8, 4) is 23.0 Å². The minimum Gasteiger partial charge on any atom is -0.508 e. The maximum atomic E-state index is 10.8. The largest absolute Gasteiger partial charge is 0.508 e. The zero-order valence-electron chi connectivity index (χ0n) is 20.7. The van der Waals surface area contributed by atoms with Gasteiger partial charge in [-0.2, -0.15) is 0 Å². The number of rotatable bonds is 6. The fourth-order valence-electron chi connectivity index (χ4n) is 4.98. The quantitative estimate of drug-likeness (QED) is 0.144. The van der Waals surface area contributed by atoms with Gasteiger partial charge in [-0.25, -0.2) is 0 Å². The predicted molar refractivity (Wildman–Crippen MR) is 161 cm³/mol. The summed E-state index contributed by atoms with van der Waals surface area (Å²) in [6, 6.07) is 26.8. The molecule has 0 bridgehead atoms. The average molecular weight is 612 g/mol. The van der Waals surface area contributed by atoms with Gasteiger partial charge >= 0.3 is 0 Å². The van der Waals surface area contributed by atoms with E-state index in [0.29, 0.717) is 42.3 Å². The molecule has 0 aliphatic carbocycles. The molecular weight excluding hydrogens is 590 g/mol. The summed E-state index contributed by atoms with van der Waals surface area (Å²) in [4.78, 5) is 0. The summed E-state index contributed by atoms with van der Waals surface area (Å²) >= 11 is 24.4. The third-order valence-electron chi connectivity index (χ3n) is 6.82. The Morgan fingerprint density at radius 1 is 0.350 bits per heavy atom. The highest BCUT2D eigenvalue weighted by molar-refractivity contribution is 6.31. The number of aromatic hydroxyl groups is 4. The molecule has 8 heteroatoms. The van der Waals surface area contributed by atoms with Crippen molar-refractivity contribution in [2.75, 3.05) is 0 Å². The highest BCUT2D eigenvalue weighted by Gasteiger charge is 2.26. The second kappa shape index (κ2) is 11.5. The molecule has 4 N–H and O–H groups in total. The number of phenols is 4. The van der Waals surface area contributed by atoms with E-state index in [4.69, 9.17) is 46.4 Å². The third kappa shape index (κ3) is 5.67. The molecule has 0 heterocycles. The van der Waals surface area contributed by atoms with Crippen molar-refractivity contribution in [2.24, 2.45) is 0 Å². The molecule has 0 radical (unpaired) electrons. The average Bonchev–Trinajstić information content (AvgIpc) is 2.89. The van der Waals surface area contributed by atoms with Crippen LogP contribution < -0.4 is 0 Å². The van der Waals surface area contributed by atoms with Gasteiger partial charge in [0.25, 0.3) is 0 Å². The van der Waals surface area contributed by atoms with Crippen LogP contribution in [0.2, 0.25) is 20.1 Å². The first kappa shape index (κ1) is 28.0. The Morgan fingerprint density at radius 2 is 0.575 bits per heavy atom. The van der Waals surface area contributed by atoms with E-state index in [9.17, 15) is 20.4 Å². The van der Waals surface area contributed by atoms with E-state index >= 15 is 0 Å². The van der Waals surface area contributed by atoms with Gasteiger partial charge in [-0.15, -0.1) is 0 Å². The summed E-state index contributed by atoms with van der Waals surface area (Å²) < 4.78 is 0. The molecule has 0 atom stereocenters. The molecule has 5 aromatic carbocycles. The van der Waals surface area contributed by atoms with Crippen molar-refractivity contribution in [3.05, 3.63) is 151 Å². The van der Waals surface area contributed by atoms with E-state index < -0.39 is 11.8 Å². The molecule has 0 aromatic heterocycles. The molecule has 0 unspecified atom stereocenters. The van der Waals surface area contributed by atoms with Gasteiger partial charge in [0, 0.05) is 54.2 Å². The molecule has 0 spiro atoms. The maximum absolute atomic E-state index is 10.8. The summed E-state index contributed by atoms with van der Waals surface area (Å²) in [5.41, 5.74) is 3.68. The fraction of sp³-hybridized carbons (Fsp3) is 0.0625.